The molecule has 0 aromatic heterocycles. The van der Waals surface area contributed by atoms with Crippen LogP contribution in [-0.4, -0.2) is 6.54 Å². The minimum absolute atomic E-state index is 0. The monoisotopic (exact) mass is 281 g/mol. The van der Waals surface area contributed by atoms with E-state index in [0.29, 0.717) is 5.92 Å². The molecule has 3 heteroatoms. The molecule has 0 bridgehead atoms. The molecule has 0 heterocycles. The van der Waals surface area contributed by atoms with Crippen molar-refractivity contribution >= 4 is 0 Å². The second-order valence-electron chi connectivity index (χ2n) is 3.81. The average molecular weight is 281 g/mol. The summed E-state index contributed by atoms with van der Waals surface area (Å²) in [6.45, 7) is 6.36. The van der Waals surface area contributed by atoms with Gasteiger partial charge in [0.15, 0.2) is 0 Å². The molecule has 1 radical (unpaired) electrons. The van der Waals surface area contributed by atoms with Crippen LogP contribution in [0.5, 0.6) is 5.75 Å². The van der Waals surface area contributed by atoms with Gasteiger partial charge in [0.1, 0.15) is 0 Å². The molecule has 0 aliphatic carbocycles. The smallest absolute Gasteiger partial charge is 0.0843 e. The Kier molecular flexibility index (Phi) is 8.31. The molecule has 0 aliphatic heterocycles. The number of hydrogen-bond acceptors (Lipinski definition) is 2. The first-order valence-corrected chi connectivity index (χ1v) is 4.94. The maximum atomic E-state index is 4.84. The Bertz CT molecular complexity index is 259. The SMILES string of the molecule is [CH2-]Oc1ccc(CNCC(C)C)cc1.[Y]. The van der Waals surface area contributed by atoms with Crippen LogP contribution in [0.1, 0.15) is 19.4 Å². The molecule has 81 valence electrons. The molecular weight excluding hydrogens is 263 g/mol. The molecule has 1 aromatic rings. The summed E-state index contributed by atoms with van der Waals surface area (Å²) < 4.78 is 4.84. The molecular formula is C12H18NOY-. The first-order chi connectivity index (χ1) is 6.72. The van der Waals surface area contributed by atoms with E-state index in [1.54, 1.807) is 0 Å². The minimum atomic E-state index is 0. The van der Waals surface area contributed by atoms with Crippen molar-refractivity contribution in [3.05, 3.63) is 36.9 Å². The second kappa shape index (κ2) is 8.26. The van der Waals surface area contributed by atoms with Crippen LogP contribution in [0.2, 0.25) is 0 Å². The molecule has 0 saturated carbocycles. The molecule has 0 atom stereocenters. The van der Waals surface area contributed by atoms with Crippen molar-refractivity contribution in [2.75, 3.05) is 6.54 Å². The zero-order chi connectivity index (χ0) is 10.4. The van der Waals surface area contributed by atoms with Gasteiger partial charge in [-0.05, 0) is 30.2 Å². The van der Waals surface area contributed by atoms with E-state index in [0.717, 1.165) is 18.8 Å². The van der Waals surface area contributed by atoms with Crippen molar-refractivity contribution < 1.29 is 37.4 Å². The minimum Gasteiger partial charge on any atom is -0.665 e. The zero-order valence-corrected chi connectivity index (χ0v) is 12.3. The normalized spacial score (nSPS) is 9.87. The Morgan fingerprint density at radius 2 is 1.87 bits per heavy atom. The predicted octanol–water partition coefficient (Wildman–Crippen LogP) is 2.60. The largest absolute Gasteiger partial charge is 0.665 e. The van der Waals surface area contributed by atoms with Crippen LogP contribution in [0.3, 0.4) is 0 Å². The first-order valence-electron chi connectivity index (χ1n) is 4.94. The van der Waals surface area contributed by atoms with Crippen molar-refractivity contribution in [3.8, 4) is 5.75 Å². The van der Waals surface area contributed by atoms with E-state index < -0.39 is 0 Å². The molecule has 0 spiro atoms. The van der Waals surface area contributed by atoms with Crippen LogP contribution in [0, 0.1) is 13.0 Å². The summed E-state index contributed by atoms with van der Waals surface area (Å²) in [4.78, 5) is 0. The average Bonchev–Trinajstić information content (AvgIpc) is 2.18. The van der Waals surface area contributed by atoms with Crippen LogP contribution in [0.15, 0.2) is 24.3 Å². The third kappa shape index (κ3) is 6.29. The van der Waals surface area contributed by atoms with E-state index in [2.05, 4.69) is 26.3 Å². The Morgan fingerprint density at radius 3 is 2.33 bits per heavy atom. The van der Waals surface area contributed by atoms with Crippen molar-refractivity contribution in [2.24, 2.45) is 5.92 Å². The molecule has 2 nitrogen and oxygen atoms in total. The third-order valence-electron chi connectivity index (χ3n) is 1.97. The van der Waals surface area contributed by atoms with E-state index in [1.165, 1.54) is 5.56 Å². The topological polar surface area (TPSA) is 21.3 Å². The van der Waals surface area contributed by atoms with E-state index >= 15 is 0 Å². The van der Waals surface area contributed by atoms with Crippen molar-refractivity contribution in [3.63, 3.8) is 0 Å². The van der Waals surface area contributed by atoms with Gasteiger partial charge in [0.05, 0.1) is 5.75 Å². The van der Waals surface area contributed by atoms with Gasteiger partial charge in [-0.3, -0.25) is 0 Å². The molecule has 1 rings (SSSR count). The van der Waals surface area contributed by atoms with E-state index in [1.807, 2.05) is 24.3 Å². The van der Waals surface area contributed by atoms with Gasteiger partial charge in [0.25, 0.3) is 0 Å². The Hall–Kier alpha value is 0.0839. The van der Waals surface area contributed by atoms with Crippen molar-refractivity contribution in [1.82, 2.24) is 5.32 Å². The van der Waals surface area contributed by atoms with Crippen LogP contribution >= 0.6 is 0 Å². The third-order valence-corrected chi connectivity index (χ3v) is 1.97. The van der Waals surface area contributed by atoms with Gasteiger partial charge in [-0.15, -0.1) is 0 Å². The fraction of sp³-hybridized carbons (Fsp3) is 0.417. The number of rotatable bonds is 5. The molecule has 0 amide bonds. The number of ether oxygens (including phenoxy) is 1. The summed E-state index contributed by atoms with van der Waals surface area (Å²) in [6, 6.07) is 7.96. The Balaban J connectivity index is 0.00000196. The van der Waals surface area contributed by atoms with Gasteiger partial charge in [0.2, 0.25) is 0 Å². The van der Waals surface area contributed by atoms with Crippen LogP contribution < -0.4 is 10.1 Å². The fourth-order valence-electron chi connectivity index (χ4n) is 1.21. The fourth-order valence-corrected chi connectivity index (χ4v) is 1.21. The van der Waals surface area contributed by atoms with Gasteiger partial charge < -0.3 is 10.1 Å². The molecule has 0 aliphatic rings. The van der Waals surface area contributed by atoms with Gasteiger partial charge in [-0.2, -0.15) is 7.11 Å². The summed E-state index contributed by atoms with van der Waals surface area (Å²) in [7, 11) is 3.36. The number of nitrogens with one attached hydrogen (secondary N) is 1. The standard InChI is InChI=1S/C12H18NO.Y/c1-10(2)8-13-9-11-4-6-12(14-3)7-5-11;/h4-7,10,13H,3,8-9H2,1-2H3;/q-1;. The van der Waals surface area contributed by atoms with Crippen molar-refractivity contribution in [2.45, 2.75) is 20.4 Å². The molecule has 0 unspecified atom stereocenters. The summed E-state index contributed by atoms with van der Waals surface area (Å²) in [5.41, 5.74) is 1.27. The Morgan fingerprint density at radius 1 is 1.27 bits per heavy atom. The number of benzene rings is 1. The summed E-state index contributed by atoms with van der Waals surface area (Å²) in [5.74, 6) is 1.50. The molecule has 0 fully saturated rings. The maximum Gasteiger partial charge on any atom is 0.0843 e. The predicted molar refractivity (Wildman–Crippen MR) is 59.0 cm³/mol. The van der Waals surface area contributed by atoms with E-state index in [9.17, 15) is 0 Å². The van der Waals surface area contributed by atoms with Crippen molar-refractivity contribution in [1.29, 1.82) is 0 Å². The summed E-state index contributed by atoms with van der Waals surface area (Å²) >= 11 is 0. The molecule has 1 aromatic carbocycles. The summed E-state index contributed by atoms with van der Waals surface area (Å²) in [6.07, 6.45) is 0. The van der Waals surface area contributed by atoms with Crippen LogP contribution in [0.25, 0.3) is 0 Å². The maximum absolute atomic E-state index is 4.84. The second-order valence-corrected chi connectivity index (χ2v) is 3.81. The molecule has 15 heavy (non-hydrogen) atoms. The van der Waals surface area contributed by atoms with Gasteiger partial charge in [-0.25, -0.2) is 0 Å². The Labute approximate surface area is 118 Å². The van der Waals surface area contributed by atoms with Gasteiger partial charge in [-0.1, -0.05) is 26.0 Å². The first kappa shape index (κ1) is 15.1. The van der Waals surface area contributed by atoms with Gasteiger partial charge in [0, 0.05) is 39.3 Å². The molecule has 0 saturated heterocycles. The van der Waals surface area contributed by atoms with E-state index in [-0.39, 0.29) is 32.7 Å². The number of hydrogen-bond donors (Lipinski definition) is 1. The van der Waals surface area contributed by atoms with Crippen LogP contribution in [-0.2, 0) is 39.3 Å². The van der Waals surface area contributed by atoms with Gasteiger partial charge >= 0.3 is 0 Å². The summed E-state index contributed by atoms with van der Waals surface area (Å²) in [5, 5.41) is 3.38. The molecule has 1 N–H and O–H groups in total. The van der Waals surface area contributed by atoms with E-state index in [4.69, 9.17) is 4.74 Å². The van der Waals surface area contributed by atoms with Crippen LogP contribution in [0.4, 0.5) is 0 Å². The zero-order valence-electron chi connectivity index (χ0n) is 9.49. The quantitative estimate of drug-likeness (QED) is 0.838.